The predicted molar refractivity (Wildman–Crippen MR) is 73.8 cm³/mol. The molecule has 0 spiro atoms. The van der Waals surface area contributed by atoms with Crippen LogP contribution in [0, 0.1) is 18.3 Å². The van der Waals surface area contributed by atoms with Crippen LogP contribution in [0.4, 0.5) is 0 Å². The van der Waals surface area contributed by atoms with Gasteiger partial charge in [-0.05, 0) is 48.3 Å². The van der Waals surface area contributed by atoms with Crippen molar-refractivity contribution in [1.29, 1.82) is 0 Å². The number of rotatable bonds is 4. The topological polar surface area (TPSA) is 38.9 Å². The molecule has 0 saturated carbocycles. The van der Waals surface area contributed by atoms with Crippen LogP contribution < -0.4 is 5.73 Å². The molecule has 2 atom stereocenters. The number of aryl methyl sites for hydroxylation is 1. The molecular weight excluding hydrogens is 208 g/mol. The zero-order chi connectivity index (χ0) is 13.1. The molecule has 96 valence electrons. The van der Waals surface area contributed by atoms with Gasteiger partial charge in [-0.1, -0.05) is 27.7 Å². The van der Waals surface area contributed by atoms with Gasteiger partial charge < -0.3 is 5.73 Å². The number of pyridine rings is 1. The minimum absolute atomic E-state index is 0.112. The maximum absolute atomic E-state index is 6.28. The van der Waals surface area contributed by atoms with Crippen molar-refractivity contribution >= 4 is 0 Å². The number of hydrogen-bond acceptors (Lipinski definition) is 2. The van der Waals surface area contributed by atoms with Crippen molar-refractivity contribution < 1.29 is 0 Å². The Hall–Kier alpha value is -0.890. The SMILES string of the molecule is Cc1ccncc1C(N)CC(C)CC(C)(C)C. The Morgan fingerprint density at radius 3 is 2.53 bits per heavy atom. The number of nitrogens with zero attached hydrogens (tertiary/aromatic N) is 1. The first-order valence-electron chi connectivity index (χ1n) is 6.45. The van der Waals surface area contributed by atoms with Gasteiger partial charge in [0.2, 0.25) is 0 Å². The molecule has 2 unspecified atom stereocenters. The Labute approximate surface area is 106 Å². The van der Waals surface area contributed by atoms with Crippen molar-refractivity contribution in [3.8, 4) is 0 Å². The predicted octanol–water partition coefficient (Wildman–Crippen LogP) is 3.85. The molecule has 1 aromatic heterocycles. The molecule has 0 saturated heterocycles. The lowest BCUT2D eigenvalue weighted by Crippen LogP contribution is -2.19. The summed E-state index contributed by atoms with van der Waals surface area (Å²) in [7, 11) is 0. The van der Waals surface area contributed by atoms with Crippen LogP contribution in [0.15, 0.2) is 18.5 Å². The number of nitrogens with two attached hydrogens (primary N) is 1. The van der Waals surface area contributed by atoms with E-state index in [1.54, 1.807) is 0 Å². The Morgan fingerprint density at radius 1 is 1.35 bits per heavy atom. The van der Waals surface area contributed by atoms with Gasteiger partial charge in [0.25, 0.3) is 0 Å². The van der Waals surface area contributed by atoms with Crippen LogP contribution in [0.1, 0.15) is 57.7 Å². The van der Waals surface area contributed by atoms with Gasteiger partial charge in [-0.3, -0.25) is 4.98 Å². The minimum Gasteiger partial charge on any atom is -0.324 e. The largest absolute Gasteiger partial charge is 0.324 e. The monoisotopic (exact) mass is 234 g/mol. The summed E-state index contributed by atoms with van der Waals surface area (Å²) < 4.78 is 0. The van der Waals surface area contributed by atoms with Crippen LogP contribution in [-0.2, 0) is 0 Å². The van der Waals surface area contributed by atoms with Gasteiger partial charge in [-0.2, -0.15) is 0 Å². The first-order chi connectivity index (χ1) is 7.79. The van der Waals surface area contributed by atoms with Gasteiger partial charge in [-0.15, -0.1) is 0 Å². The van der Waals surface area contributed by atoms with Crippen LogP contribution in [0.2, 0.25) is 0 Å². The smallest absolute Gasteiger partial charge is 0.0318 e. The van der Waals surface area contributed by atoms with Gasteiger partial charge in [0.15, 0.2) is 0 Å². The second-order valence-electron chi connectivity index (χ2n) is 6.44. The van der Waals surface area contributed by atoms with E-state index in [0.717, 1.165) is 6.42 Å². The first kappa shape index (κ1) is 14.2. The molecule has 0 amide bonds. The third-order valence-corrected chi connectivity index (χ3v) is 3.10. The molecule has 1 aromatic rings. The zero-order valence-electron chi connectivity index (χ0n) is 11.8. The minimum atomic E-state index is 0.112. The molecule has 0 fully saturated rings. The molecule has 0 aliphatic carbocycles. The van der Waals surface area contributed by atoms with Gasteiger partial charge in [0.05, 0.1) is 0 Å². The highest BCUT2D eigenvalue weighted by Crippen LogP contribution is 2.30. The lowest BCUT2D eigenvalue weighted by Gasteiger charge is -2.25. The van der Waals surface area contributed by atoms with Crippen LogP contribution in [0.3, 0.4) is 0 Å². The second kappa shape index (κ2) is 5.63. The van der Waals surface area contributed by atoms with Gasteiger partial charge >= 0.3 is 0 Å². The normalized spacial score (nSPS) is 15.6. The first-order valence-corrected chi connectivity index (χ1v) is 6.45. The molecule has 1 heterocycles. The molecule has 1 rings (SSSR count). The highest BCUT2D eigenvalue weighted by atomic mass is 14.7. The zero-order valence-corrected chi connectivity index (χ0v) is 11.8. The Kier molecular flexibility index (Phi) is 4.70. The summed E-state index contributed by atoms with van der Waals surface area (Å²) in [6.07, 6.45) is 5.97. The van der Waals surface area contributed by atoms with E-state index < -0.39 is 0 Å². The molecule has 2 heteroatoms. The van der Waals surface area contributed by atoms with Gasteiger partial charge in [-0.25, -0.2) is 0 Å². The van der Waals surface area contributed by atoms with Crippen LogP contribution in [-0.4, -0.2) is 4.98 Å². The molecule has 0 aliphatic rings. The lowest BCUT2D eigenvalue weighted by atomic mass is 9.82. The summed E-state index contributed by atoms with van der Waals surface area (Å²) in [5, 5.41) is 0. The molecule has 0 radical (unpaired) electrons. The summed E-state index contributed by atoms with van der Waals surface area (Å²) >= 11 is 0. The summed E-state index contributed by atoms with van der Waals surface area (Å²) in [5.41, 5.74) is 9.09. The fraction of sp³-hybridized carbons (Fsp3) is 0.667. The van der Waals surface area contributed by atoms with Crippen molar-refractivity contribution in [2.45, 2.75) is 53.5 Å². The third-order valence-electron chi connectivity index (χ3n) is 3.10. The van der Waals surface area contributed by atoms with E-state index in [4.69, 9.17) is 5.73 Å². The van der Waals surface area contributed by atoms with E-state index in [1.165, 1.54) is 17.5 Å². The van der Waals surface area contributed by atoms with Crippen LogP contribution >= 0.6 is 0 Å². The molecule has 0 bridgehead atoms. The highest BCUT2D eigenvalue weighted by molar-refractivity contribution is 5.24. The van der Waals surface area contributed by atoms with Crippen molar-refractivity contribution in [2.75, 3.05) is 0 Å². The van der Waals surface area contributed by atoms with Crippen molar-refractivity contribution in [2.24, 2.45) is 17.1 Å². The summed E-state index contributed by atoms with van der Waals surface area (Å²) in [4.78, 5) is 4.17. The molecule has 2 nitrogen and oxygen atoms in total. The van der Waals surface area contributed by atoms with E-state index in [-0.39, 0.29) is 6.04 Å². The molecule has 0 aromatic carbocycles. The lowest BCUT2D eigenvalue weighted by molar-refractivity contribution is 0.286. The molecule has 0 aliphatic heterocycles. The maximum atomic E-state index is 6.28. The number of hydrogen-bond donors (Lipinski definition) is 1. The molecule has 2 N–H and O–H groups in total. The standard InChI is InChI=1S/C15H26N2/c1-11(9-15(3,4)5)8-14(16)13-10-17-7-6-12(13)2/h6-7,10-11,14H,8-9,16H2,1-5H3. The Morgan fingerprint density at radius 2 is 2.00 bits per heavy atom. The maximum Gasteiger partial charge on any atom is 0.0318 e. The van der Waals surface area contributed by atoms with Gasteiger partial charge in [0, 0.05) is 18.4 Å². The third kappa shape index (κ3) is 4.86. The summed E-state index contributed by atoms with van der Waals surface area (Å²) in [6, 6.07) is 2.14. The van der Waals surface area contributed by atoms with Crippen molar-refractivity contribution in [1.82, 2.24) is 4.98 Å². The Bertz CT molecular complexity index is 352. The second-order valence-corrected chi connectivity index (χ2v) is 6.44. The fourth-order valence-corrected chi connectivity index (χ4v) is 2.55. The van der Waals surface area contributed by atoms with E-state index in [1.807, 2.05) is 18.5 Å². The molecular formula is C15H26N2. The van der Waals surface area contributed by atoms with Crippen molar-refractivity contribution in [3.63, 3.8) is 0 Å². The van der Waals surface area contributed by atoms with Crippen molar-refractivity contribution in [3.05, 3.63) is 29.6 Å². The average molecular weight is 234 g/mol. The average Bonchev–Trinajstić information content (AvgIpc) is 2.14. The van der Waals surface area contributed by atoms with Gasteiger partial charge in [0.1, 0.15) is 0 Å². The highest BCUT2D eigenvalue weighted by Gasteiger charge is 2.18. The van der Waals surface area contributed by atoms with E-state index in [9.17, 15) is 0 Å². The van der Waals surface area contributed by atoms with E-state index in [2.05, 4.69) is 39.6 Å². The quantitative estimate of drug-likeness (QED) is 0.859. The van der Waals surface area contributed by atoms with E-state index in [0.29, 0.717) is 11.3 Å². The van der Waals surface area contributed by atoms with Crippen LogP contribution in [0.5, 0.6) is 0 Å². The summed E-state index contributed by atoms with van der Waals surface area (Å²) in [5.74, 6) is 0.643. The van der Waals surface area contributed by atoms with Crippen LogP contribution in [0.25, 0.3) is 0 Å². The number of aromatic nitrogens is 1. The van der Waals surface area contributed by atoms with E-state index >= 15 is 0 Å². The Balaban J connectivity index is 2.61. The summed E-state index contributed by atoms with van der Waals surface area (Å²) in [6.45, 7) is 11.2. The fourth-order valence-electron chi connectivity index (χ4n) is 2.55. The molecule has 17 heavy (non-hydrogen) atoms.